The zero-order valence-electron chi connectivity index (χ0n) is 16.9. The highest BCUT2D eigenvalue weighted by Gasteiger charge is 2.18. The number of nitrogens with zero attached hydrogens (tertiary/aromatic N) is 3. The van der Waals surface area contributed by atoms with Crippen molar-refractivity contribution in [1.82, 2.24) is 15.0 Å². The molecule has 0 aliphatic rings. The molecule has 3 nitrogen and oxygen atoms in total. The van der Waals surface area contributed by atoms with Crippen molar-refractivity contribution in [2.45, 2.75) is 38.6 Å². The van der Waals surface area contributed by atoms with Gasteiger partial charge in [0.15, 0.2) is 0 Å². The topological polar surface area (TPSA) is 30.7 Å². The molecule has 3 heteroatoms. The molecule has 146 valence electrons. The van der Waals surface area contributed by atoms with Crippen molar-refractivity contribution in [2.24, 2.45) is 0 Å². The minimum absolute atomic E-state index is 0.00645. The average Bonchev–Trinajstić information content (AvgIpc) is 3.26. The minimum Gasteiger partial charge on any atom is -0.240 e. The van der Waals surface area contributed by atoms with Crippen LogP contribution in [-0.2, 0) is 6.42 Å². The van der Waals surface area contributed by atoms with Crippen LogP contribution < -0.4 is 0 Å². The Balaban J connectivity index is 1.61. The van der Waals surface area contributed by atoms with Gasteiger partial charge in [0.2, 0.25) is 0 Å². The lowest BCUT2D eigenvalue weighted by Crippen LogP contribution is -2.13. The van der Waals surface area contributed by atoms with Crippen LogP contribution in [0.2, 0.25) is 0 Å². The number of hydrogen-bond donors (Lipinski definition) is 0. The van der Waals surface area contributed by atoms with Crippen molar-refractivity contribution in [3.8, 4) is 11.3 Å². The van der Waals surface area contributed by atoms with Gasteiger partial charge in [0.25, 0.3) is 0 Å². The van der Waals surface area contributed by atoms with Gasteiger partial charge in [-0.2, -0.15) is 0 Å². The van der Waals surface area contributed by atoms with Crippen LogP contribution in [-0.4, -0.2) is 15.0 Å². The number of rotatable bonds is 8. The first-order valence-corrected chi connectivity index (χ1v) is 10.5. The maximum absolute atomic E-state index is 4.50. The second kappa shape index (κ2) is 9.33. The van der Waals surface area contributed by atoms with E-state index in [1.165, 1.54) is 36.0 Å². The lowest BCUT2D eigenvalue weighted by atomic mass is 9.99. The van der Waals surface area contributed by atoms with Crippen LogP contribution in [0.5, 0.6) is 0 Å². The Bertz CT molecular complexity index is 965. The molecule has 0 bridgehead atoms. The van der Waals surface area contributed by atoms with Gasteiger partial charge < -0.3 is 0 Å². The molecule has 0 fully saturated rings. The first-order chi connectivity index (χ1) is 14.3. The number of unbranched alkanes of at least 4 members (excludes halogenated alkanes) is 2. The number of aryl methyl sites for hydroxylation is 1. The van der Waals surface area contributed by atoms with Crippen LogP contribution in [0.4, 0.5) is 0 Å². The predicted molar refractivity (Wildman–Crippen MR) is 119 cm³/mol. The number of benzene rings is 3. The fourth-order valence-electron chi connectivity index (χ4n) is 3.73. The third kappa shape index (κ3) is 4.62. The Morgan fingerprint density at radius 3 is 1.97 bits per heavy atom. The highest BCUT2D eigenvalue weighted by Crippen LogP contribution is 2.27. The van der Waals surface area contributed by atoms with Crippen LogP contribution in [0.25, 0.3) is 11.3 Å². The van der Waals surface area contributed by atoms with E-state index in [4.69, 9.17) is 0 Å². The Morgan fingerprint density at radius 1 is 0.759 bits per heavy atom. The summed E-state index contributed by atoms with van der Waals surface area (Å²) in [7, 11) is 0. The molecule has 4 aromatic rings. The molecule has 0 saturated carbocycles. The van der Waals surface area contributed by atoms with Gasteiger partial charge in [-0.25, -0.2) is 4.68 Å². The molecule has 0 amide bonds. The Hall–Kier alpha value is -3.20. The average molecular weight is 382 g/mol. The third-order valence-electron chi connectivity index (χ3n) is 5.32. The van der Waals surface area contributed by atoms with Gasteiger partial charge >= 0.3 is 0 Å². The summed E-state index contributed by atoms with van der Waals surface area (Å²) in [4.78, 5) is 0. The molecule has 0 aliphatic heterocycles. The first-order valence-electron chi connectivity index (χ1n) is 10.5. The minimum atomic E-state index is 0.00645. The molecule has 0 spiro atoms. The van der Waals surface area contributed by atoms with Crippen molar-refractivity contribution in [1.29, 1.82) is 0 Å². The molecule has 3 aromatic carbocycles. The van der Waals surface area contributed by atoms with Crippen LogP contribution in [0, 0.1) is 0 Å². The SMILES string of the molecule is CCCCCc1ccc(-c2cn(C(c3ccccc3)c3ccccc3)nn2)cc1. The number of hydrogen-bond acceptors (Lipinski definition) is 2. The van der Waals surface area contributed by atoms with E-state index in [0.717, 1.165) is 17.7 Å². The Kier molecular flexibility index (Phi) is 6.16. The molecule has 1 aromatic heterocycles. The van der Waals surface area contributed by atoms with E-state index >= 15 is 0 Å². The molecule has 29 heavy (non-hydrogen) atoms. The van der Waals surface area contributed by atoms with E-state index in [0.29, 0.717) is 0 Å². The van der Waals surface area contributed by atoms with Gasteiger partial charge in [-0.05, 0) is 29.5 Å². The molecular weight excluding hydrogens is 354 g/mol. The van der Waals surface area contributed by atoms with E-state index in [9.17, 15) is 0 Å². The van der Waals surface area contributed by atoms with Gasteiger partial charge in [-0.3, -0.25) is 0 Å². The van der Waals surface area contributed by atoms with Crippen LogP contribution >= 0.6 is 0 Å². The molecule has 0 atom stereocenters. The highest BCUT2D eigenvalue weighted by molar-refractivity contribution is 5.58. The monoisotopic (exact) mass is 381 g/mol. The van der Waals surface area contributed by atoms with E-state index in [-0.39, 0.29) is 6.04 Å². The van der Waals surface area contributed by atoms with Gasteiger partial charge in [0.05, 0.1) is 6.20 Å². The van der Waals surface area contributed by atoms with Gasteiger partial charge in [0, 0.05) is 5.56 Å². The molecular formula is C26H27N3. The Labute approximate surface area is 173 Å². The summed E-state index contributed by atoms with van der Waals surface area (Å²) in [5.41, 5.74) is 5.79. The summed E-state index contributed by atoms with van der Waals surface area (Å²) in [5, 5.41) is 8.97. The maximum Gasteiger partial charge on any atom is 0.113 e. The normalized spacial score (nSPS) is 11.1. The van der Waals surface area contributed by atoms with Gasteiger partial charge in [-0.1, -0.05) is 110 Å². The van der Waals surface area contributed by atoms with Crippen LogP contribution in [0.1, 0.15) is 48.9 Å². The third-order valence-corrected chi connectivity index (χ3v) is 5.32. The van der Waals surface area contributed by atoms with E-state index in [2.05, 4.69) is 96.2 Å². The van der Waals surface area contributed by atoms with Gasteiger partial charge in [0.1, 0.15) is 11.7 Å². The van der Waals surface area contributed by atoms with Crippen molar-refractivity contribution in [2.75, 3.05) is 0 Å². The van der Waals surface area contributed by atoms with Crippen molar-refractivity contribution < 1.29 is 0 Å². The quantitative estimate of drug-likeness (QED) is 0.335. The molecule has 0 unspecified atom stereocenters. The molecule has 4 rings (SSSR count). The zero-order valence-corrected chi connectivity index (χ0v) is 16.9. The summed E-state index contributed by atoms with van der Waals surface area (Å²) in [5.74, 6) is 0. The van der Waals surface area contributed by atoms with E-state index in [1.54, 1.807) is 0 Å². The Morgan fingerprint density at radius 2 is 1.38 bits per heavy atom. The summed E-state index contributed by atoms with van der Waals surface area (Å²) in [6.45, 7) is 2.24. The van der Waals surface area contributed by atoms with Crippen molar-refractivity contribution in [3.05, 3.63) is 108 Å². The maximum atomic E-state index is 4.50. The summed E-state index contributed by atoms with van der Waals surface area (Å²) >= 11 is 0. The van der Waals surface area contributed by atoms with E-state index < -0.39 is 0 Å². The zero-order chi connectivity index (χ0) is 19.9. The summed E-state index contributed by atoms with van der Waals surface area (Å²) in [6.07, 6.45) is 6.99. The fraction of sp³-hybridized carbons (Fsp3) is 0.231. The molecule has 0 radical (unpaired) electrons. The largest absolute Gasteiger partial charge is 0.240 e. The summed E-state index contributed by atoms with van der Waals surface area (Å²) in [6, 6.07) is 29.7. The van der Waals surface area contributed by atoms with Gasteiger partial charge in [-0.15, -0.1) is 5.10 Å². The molecule has 1 heterocycles. The van der Waals surface area contributed by atoms with Crippen molar-refractivity contribution in [3.63, 3.8) is 0 Å². The first kappa shape index (κ1) is 19.1. The standard InChI is InChI=1S/C26H27N3/c1-2-3-6-11-21-16-18-22(19-17-21)25-20-29(28-27-25)26(23-12-7-4-8-13-23)24-14-9-5-10-15-24/h4-5,7-10,12-20,26H,2-3,6,11H2,1H3. The lowest BCUT2D eigenvalue weighted by Gasteiger charge is -2.17. The smallest absolute Gasteiger partial charge is 0.113 e. The second-order valence-electron chi connectivity index (χ2n) is 7.46. The second-order valence-corrected chi connectivity index (χ2v) is 7.46. The van der Waals surface area contributed by atoms with E-state index in [1.807, 2.05) is 16.8 Å². The predicted octanol–water partition coefficient (Wildman–Crippen LogP) is 6.32. The van der Waals surface area contributed by atoms with Crippen molar-refractivity contribution >= 4 is 0 Å². The van der Waals surface area contributed by atoms with Crippen LogP contribution in [0.15, 0.2) is 91.1 Å². The molecule has 0 aliphatic carbocycles. The fourth-order valence-corrected chi connectivity index (χ4v) is 3.73. The number of aromatic nitrogens is 3. The van der Waals surface area contributed by atoms with Crippen LogP contribution in [0.3, 0.4) is 0 Å². The highest BCUT2D eigenvalue weighted by atomic mass is 15.4. The summed E-state index contributed by atoms with van der Waals surface area (Å²) < 4.78 is 1.97. The molecule has 0 N–H and O–H groups in total. The molecule has 0 saturated heterocycles. The lowest BCUT2D eigenvalue weighted by molar-refractivity contribution is 0.571.